The molecule has 0 atom stereocenters. The molecule has 0 spiro atoms. The summed E-state index contributed by atoms with van der Waals surface area (Å²) in [6.45, 7) is 5.69. The summed E-state index contributed by atoms with van der Waals surface area (Å²) in [5, 5.41) is 3.62. The molecule has 1 saturated carbocycles. The summed E-state index contributed by atoms with van der Waals surface area (Å²) in [5.41, 5.74) is 1.39. The normalized spacial score (nSPS) is 25.3. The monoisotopic (exact) mass is 203 g/mol. The maximum Gasteiger partial charge on any atom is 0.0208 e. The molecule has 0 amide bonds. The van der Waals surface area contributed by atoms with Crippen LogP contribution in [0.4, 0.5) is 0 Å². The summed E-state index contributed by atoms with van der Waals surface area (Å²) in [4.78, 5) is 0. The van der Waals surface area contributed by atoms with Crippen LogP contribution in [0.2, 0.25) is 0 Å². The van der Waals surface area contributed by atoms with E-state index >= 15 is 0 Å². The molecule has 1 fully saturated rings. The van der Waals surface area contributed by atoms with E-state index in [1.165, 1.54) is 18.4 Å². The molecule has 1 aliphatic carbocycles. The van der Waals surface area contributed by atoms with E-state index in [-0.39, 0.29) is 0 Å². The van der Waals surface area contributed by atoms with Crippen molar-refractivity contribution in [1.29, 1.82) is 0 Å². The maximum absolute atomic E-state index is 3.62. The van der Waals surface area contributed by atoms with Crippen molar-refractivity contribution in [2.75, 3.05) is 0 Å². The van der Waals surface area contributed by atoms with E-state index in [4.69, 9.17) is 0 Å². The van der Waals surface area contributed by atoms with E-state index in [1.807, 2.05) is 0 Å². The van der Waals surface area contributed by atoms with Gasteiger partial charge in [-0.1, -0.05) is 44.2 Å². The van der Waals surface area contributed by atoms with Crippen molar-refractivity contribution in [2.45, 2.75) is 39.3 Å². The van der Waals surface area contributed by atoms with Gasteiger partial charge in [0, 0.05) is 12.6 Å². The second-order valence-corrected chi connectivity index (χ2v) is 5.04. The molecule has 0 aliphatic heterocycles. The van der Waals surface area contributed by atoms with Crippen LogP contribution in [0.3, 0.4) is 0 Å². The first-order valence-corrected chi connectivity index (χ1v) is 6.03. The Bertz CT molecular complexity index is 285. The van der Waals surface area contributed by atoms with Crippen LogP contribution in [0.15, 0.2) is 30.3 Å². The lowest BCUT2D eigenvalue weighted by molar-refractivity contribution is 0.167. The highest BCUT2D eigenvalue weighted by molar-refractivity contribution is 5.14. The number of benzene rings is 1. The van der Waals surface area contributed by atoms with E-state index in [1.54, 1.807) is 0 Å². The fourth-order valence-corrected chi connectivity index (χ4v) is 2.23. The zero-order valence-electron chi connectivity index (χ0n) is 9.74. The highest BCUT2D eigenvalue weighted by Gasteiger charge is 2.30. The molecule has 1 nitrogen and oxygen atoms in total. The second-order valence-electron chi connectivity index (χ2n) is 5.04. The fraction of sp³-hybridized carbons (Fsp3) is 0.571. The summed E-state index contributed by atoms with van der Waals surface area (Å²) < 4.78 is 0. The molecule has 1 aliphatic rings. The lowest BCUT2D eigenvalue weighted by Crippen LogP contribution is -2.42. The maximum atomic E-state index is 3.62. The Kier molecular flexibility index (Phi) is 3.42. The van der Waals surface area contributed by atoms with Gasteiger partial charge < -0.3 is 5.32 Å². The third-order valence-electron chi connectivity index (χ3n) is 3.56. The van der Waals surface area contributed by atoms with Crippen molar-refractivity contribution >= 4 is 0 Å². The van der Waals surface area contributed by atoms with Gasteiger partial charge in [0.05, 0.1) is 0 Å². The largest absolute Gasteiger partial charge is 0.310 e. The van der Waals surface area contributed by atoms with Crippen LogP contribution in [-0.4, -0.2) is 6.04 Å². The van der Waals surface area contributed by atoms with Gasteiger partial charge in [0.1, 0.15) is 0 Å². The van der Waals surface area contributed by atoms with Gasteiger partial charge in [-0.2, -0.15) is 0 Å². The minimum absolute atomic E-state index is 0.762. The van der Waals surface area contributed by atoms with Crippen LogP contribution in [0, 0.1) is 11.8 Å². The van der Waals surface area contributed by atoms with Crippen LogP contribution >= 0.6 is 0 Å². The minimum atomic E-state index is 0.762. The van der Waals surface area contributed by atoms with Gasteiger partial charge in [-0.25, -0.2) is 0 Å². The molecule has 2 rings (SSSR count). The Morgan fingerprint density at radius 3 is 2.47 bits per heavy atom. The van der Waals surface area contributed by atoms with E-state index in [0.29, 0.717) is 0 Å². The Morgan fingerprint density at radius 2 is 1.87 bits per heavy atom. The van der Waals surface area contributed by atoms with E-state index < -0.39 is 0 Å². The first-order valence-electron chi connectivity index (χ1n) is 6.03. The van der Waals surface area contributed by atoms with Gasteiger partial charge in [0.15, 0.2) is 0 Å². The van der Waals surface area contributed by atoms with Crippen molar-refractivity contribution < 1.29 is 0 Å². The summed E-state index contributed by atoms with van der Waals surface area (Å²) in [6, 6.07) is 11.4. The van der Waals surface area contributed by atoms with E-state index in [2.05, 4.69) is 49.5 Å². The first kappa shape index (κ1) is 10.7. The molecule has 0 aromatic heterocycles. The lowest BCUT2D eigenvalue weighted by Gasteiger charge is -2.38. The molecule has 1 heteroatoms. The van der Waals surface area contributed by atoms with Crippen molar-refractivity contribution in [1.82, 2.24) is 5.32 Å². The standard InChI is InChI=1S/C14H21N/c1-11(2)13-8-14(9-13)15-10-12-6-4-3-5-7-12/h3-7,11,13-15H,8-10H2,1-2H3. The van der Waals surface area contributed by atoms with Gasteiger partial charge in [-0.05, 0) is 30.2 Å². The molecule has 1 aromatic rings. The Morgan fingerprint density at radius 1 is 1.20 bits per heavy atom. The molecule has 0 bridgehead atoms. The van der Waals surface area contributed by atoms with Crippen LogP contribution < -0.4 is 5.32 Å². The molecular weight excluding hydrogens is 182 g/mol. The van der Waals surface area contributed by atoms with Gasteiger partial charge >= 0.3 is 0 Å². The van der Waals surface area contributed by atoms with Crippen molar-refractivity contribution in [3.63, 3.8) is 0 Å². The lowest BCUT2D eigenvalue weighted by atomic mass is 9.73. The number of hydrogen-bond donors (Lipinski definition) is 1. The van der Waals surface area contributed by atoms with E-state index in [9.17, 15) is 0 Å². The minimum Gasteiger partial charge on any atom is -0.310 e. The van der Waals surface area contributed by atoms with Crippen molar-refractivity contribution in [3.8, 4) is 0 Å². The quantitative estimate of drug-likeness (QED) is 0.792. The molecule has 0 saturated heterocycles. The fourth-order valence-electron chi connectivity index (χ4n) is 2.23. The second kappa shape index (κ2) is 4.80. The third kappa shape index (κ3) is 2.82. The van der Waals surface area contributed by atoms with E-state index in [0.717, 1.165) is 24.4 Å². The molecule has 15 heavy (non-hydrogen) atoms. The van der Waals surface area contributed by atoms with Crippen LogP contribution in [0.1, 0.15) is 32.3 Å². The first-order chi connectivity index (χ1) is 7.25. The van der Waals surface area contributed by atoms with Crippen LogP contribution in [0.25, 0.3) is 0 Å². The summed E-state index contributed by atoms with van der Waals surface area (Å²) in [7, 11) is 0. The molecule has 82 valence electrons. The summed E-state index contributed by atoms with van der Waals surface area (Å²) in [6.07, 6.45) is 2.73. The highest BCUT2D eigenvalue weighted by atomic mass is 14.9. The topological polar surface area (TPSA) is 12.0 Å². The molecule has 1 aromatic carbocycles. The van der Waals surface area contributed by atoms with Gasteiger partial charge in [-0.15, -0.1) is 0 Å². The van der Waals surface area contributed by atoms with Crippen LogP contribution in [-0.2, 0) is 6.54 Å². The zero-order valence-corrected chi connectivity index (χ0v) is 9.74. The smallest absolute Gasteiger partial charge is 0.0208 e. The predicted octanol–water partition coefficient (Wildman–Crippen LogP) is 3.21. The van der Waals surface area contributed by atoms with Gasteiger partial charge in [-0.3, -0.25) is 0 Å². The molecule has 0 radical (unpaired) electrons. The third-order valence-corrected chi connectivity index (χ3v) is 3.56. The summed E-state index contributed by atoms with van der Waals surface area (Å²) in [5.74, 6) is 1.82. The molecule has 0 unspecified atom stereocenters. The average molecular weight is 203 g/mol. The molecule has 1 N–H and O–H groups in total. The SMILES string of the molecule is CC(C)C1CC(NCc2ccccc2)C1. The Labute approximate surface area is 92.9 Å². The summed E-state index contributed by atoms with van der Waals surface area (Å²) >= 11 is 0. The number of hydrogen-bond acceptors (Lipinski definition) is 1. The predicted molar refractivity (Wildman–Crippen MR) is 64.6 cm³/mol. The molecule has 0 heterocycles. The zero-order chi connectivity index (χ0) is 10.7. The van der Waals surface area contributed by atoms with Gasteiger partial charge in [0.2, 0.25) is 0 Å². The Balaban J connectivity index is 1.69. The average Bonchev–Trinajstić information content (AvgIpc) is 2.16. The number of nitrogens with one attached hydrogen (secondary N) is 1. The van der Waals surface area contributed by atoms with Crippen LogP contribution in [0.5, 0.6) is 0 Å². The highest BCUT2D eigenvalue weighted by Crippen LogP contribution is 2.33. The van der Waals surface area contributed by atoms with Crippen molar-refractivity contribution in [3.05, 3.63) is 35.9 Å². The van der Waals surface area contributed by atoms with Crippen molar-refractivity contribution in [2.24, 2.45) is 11.8 Å². The van der Waals surface area contributed by atoms with Gasteiger partial charge in [0.25, 0.3) is 0 Å². The Hall–Kier alpha value is -0.820. The molecular formula is C14H21N. The number of rotatable bonds is 4.